The summed E-state index contributed by atoms with van der Waals surface area (Å²) in [6.07, 6.45) is 0.319. The van der Waals surface area contributed by atoms with Crippen LogP contribution in [0.2, 0.25) is 0 Å². The van der Waals surface area contributed by atoms with Gasteiger partial charge in [0, 0.05) is 13.5 Å². The number of thioether (sulfide) groups is 1. The van der Waals surface area contributed by atoms with Crippen molar-refractivity contribution in [3.63, 3.8) is 0 Å². The van der Waals surface area contributed by atoms with Crippen LogP contribution >= 0.6 is 11.8 Å². The monoisotopic (exact) mass is 275 g/mol. The molecule has 0 aliphatic carbocycles. The summed E-state index contributed by atoms with van der Waals surface area (Å²) >= 11 is 1.55. The summed E-state index contributed by atoms with van der Waals surface area (Å²) in [5, 5.41) is 0.140. The van der Waals surface area contributed by atoms with Gasteiger partial charge in [-0.15, -0.1) is 11.8 Å². The maximum atomic E-state index is 12.0. The highest BCUT2D eigenvalue weighted by Gasteiger charge is 2.38. The Kier molecular flexibility index (Phi) is 6.67. The first kappa shape index (κ1) is 15.5. The molecule has 1 unspecified atom stereocenters. The van der Waals surface area contributed by atoms with Crippen molar-refractivity contribution < 1.29 is 19.1 Å². The molecule has 0 aromatic heterocycles. The largest absolute Gasteiger partial charge is 0.382 e. The van der Waals surface area contributed by atoms with E-state index in [2.05, 4.69) is 0 Å². The number of carbonyl (C=O) groups is 2. The fraction of sp³-hybridized carbons (Fsp3) is 0.833. The Morgan fingerprint density at radius 1 is 1.33 bits per heavy atom. The fourth-order valence-corrected chi connectivity index (χ4v) is 2.86. The van der Waals surface area contributed by atoms with Crippen molar-refractivity contribution in [3.8, 4) is 0 Å². The van der Waals surface area contributed by atoms with Gasteiger partial charge < -0.3 is 9.47 Å². The minimum atomic E-state index is -0.212. The van der Waals surface area contributed by atoms with Crippen molar-refractivity contribution in [1.82, 2.24) is 4.90 Å². The molecule has 1 heterocycles. The molecule has 1 rings (SSSR count). The van der Waals surface area contributed by atoms with Crippen LogP contribution in [0.3, 0.4) is 0 Å². The number of hydrogen-bond acceptors (Lipinski definition) is 5. The number of likely N-dealkylation sites (tertiary alicyclic amines) is 1. The van der Waals surface area contributed by atoms with Crippen LogP contribution in [-0.2, 0) is 19.1 Å². The van der Waals surface area contributed by atoms with Crippen LogP contribution in [0, 0.1) is 0 Å². The molecule has 1 saturated heterocycles. The molecule has 0 saturated carbocycles. The quantitative estimate of drug-likeness (QED) is 0.487. The molecule has 0 bridgehead atoms. The van der Waals surface area contributed by atoms with Crippen molar-refractivity contribution in [3.05, 3.63) is 0 Å². The van der Waals surface area contributed by atoms with E-state index in [0.717, 1.165) is 0 Å². The smallest absolute Gasteiger partial charge is 0.242 e. The lowest BCUT2D eigenvalue weighted by Gasteiger charge is -2.15. The number of carbonyl (C=O) groups excluding carboxylic acids is 2. The molecule has 1 atom stereocenters. The Balaban J connectivity index is 2.32. The number of nitrogens with zero attached hydrogens (tertiary/aromatic N) is 1. The van der Waals surface area contributed by atoms with E-state index < -0.39 is 0 Å². The molecule has 1 aliphatic rings. The van der Waals surface area contributed by atoms with Gasteiger partial charge in [0.25, 0.3) is 0 Å². The molecule has 1 aliphatic heterocycles. The summed E-state index contributed by atoms with van der Waals surface area (Å²) in [5.74, 6) is -0.164. The minimum absolute atomic E-state index is 0.0750. The molecular formula is C12H21NO4S. The summed E-state index contributed by atoms with van der Waals surface area (Å²) in [6.45, 7) is 5.78. The zero-order chi connectivity index (χ0) is 13.5. The van der Waals surface area contributed by atoms with Gasteiger partial charge in [-0.1, -0.05) is 13.8 Å². The lowest BCUT2D eigenvalue weighted by molar-refractivity contribution is -0.139. The maximum absolute atomic E-state index is 12.0. The molecule has 0 aromatic rings. The number of methoxy groups -OCH3 is 1. The van der Waals surface area contributed by atoms with Gasteiger partial charge in [-0.25, -0.2) is 0 Å². The van der Waals surface area contributed by atoms with Gasteiger partial charge in [-0.2, -0.15) is 0 Å². The van der Waals surface area contributed by atoms with Crippen LogP contribution in [-0.4, -0.2) is 60.7 Å². The van der Waals surface area contributed by atoms with E-state index in [0.29, 0.717) is 38.0 Å². The molecule has 5 nitrogen and oxygen atoms in total. The number of amides is 2. The summed E-state index contributed by atoms with van der Waals surface area (Å²) in [6, 6.07) is 0. The van der Waals surface area contributed by atoms with Gasteiger partial charge in [-0.05, 0) is 5.25 Å². The standard InChI is InChI=1S/C12H21NO4S/c1-9(2)18-10-8-11(14)13(12(10)15)4-5-17-7-6-16-3/h9-10H,4-8H2,1-3H3. The molecule has 0 aromatic carbocycles. The maximum Gasteiger partial charge on any atom is 0.242 e. The van der Waals surface area contributed by atoms with E-state index in [9.17, 15) is 9.59 Å². The van der Waals surface area contributed by atoms with Crippen molar-refractivity contribution >= 4 is 23.6 Å². The molecule has 2 amide bonds. The summed E-state index contributed by atoms with van der Waals surface area (Å²) in [5.41, 5.74) is 0. The second kappa shape index (κ2) is 7.76. The van der Waals surface area contributed by atoms with Gasteiger partial charge >= 0.3 is 0 Å². The fourth-order valence-electron chi connectivity index (χ4n) is 1.72. The molecule has 18 heavy (non-hydrogen) atoms. The van der Waals surface area contributed by atoms with E-state index >= 15 is 0 Å². The van der Waals surface area contributed by atoms with Crippen LogP contribution in [0.5, 0.6) is 0 Å². The third-order valence-corrected chi connectivity index (χ3v) is 3.77. The Hall–Kier alpha value is -0.590. The van der Waals surface area contributed by atoms with E-state index in [1.54, 1.807) is 18.9 Å². The summed E-state index contributed by atoms with van der Waals surface area (Å²) < 4.78 is 10.1. The zero-order valence-electron chi connectivity index (χ0n) is 11.2. The van der Waals surface area contributed by atoms with Crippen molar-refractivity contribution in [2.45, 2.75) is 30.8 Å². The number of rotatable bonds is 8. The van der Waals surface area contributed by atoms with Gasteiger partial charge in [0.2, 0.25) is 11.8 Å². The second-order valence-corrected chi connectivity index (χ2v) is 6.15. The highest BCUT2D eigenvalue weighted by molar-refractivity contribution is 8.01. The van der Waals surface area contributed by atoms with Gasteiger partial charge in [-0.3, -0.25) is 14.5 Å². The zero-order valence-corrected chi connectivity index (χ0v) is 12.0. The number of hydrogen-bond donors (Lipinski definition) is 0. The highest BCUT2D eigenvalue weighted by Crippen LogP contribution is 2.27. The molecule has 6 heteroatoms. The molecular weight excluding hydrogens is 254 g/mol. The summed E-state index contributed by atoms with van der Waals surface area (Å²) in [7, 11) is 1.60. The molecule has 0 radical (unpaired) electrons. The van der Waals surface area contributed by atoms with Gasteiger partial charge in [0.15, 0.2) is 0 Å². The van der Waals surface area contributed by atoms with Crippen LogP contribution in [0.1, 0.15) is 20.3 Å². The topological polar surface area (TPSA) is 55.8 Å². The normalized spacial score (nSPS) is 20.2. The summed E-state index contributed by atoms with van der Waals surface area (Å²) in [4.78, 5) is 25.0. The van der Waals surface area contributed by atoms with Crippen molar-refractivity contribution in [2.24, 2.45) is 0 Å². The van der Waals surface area contributed by atoms with Crippen LogP contribution in [0.4, 0.5) is 0 Å². The average Bonchev–Trinajstić information content (AvgIpc) is 2.55. The van der Waals surface area contributed by atoms with Crippen LogP contribution in [0.25, 0.3) is 0 Å². The first-order valence-corrected chi connectivity index (χ1v) is 7.07. The second-order valence-electron chi connectivity index (χ2n) is 4.37. The predicted molar refractivity (Wildman–Crippen MR) is 70.5 cm³/mol. The van der Waals surface area contributed by atoms with Crippen molar-refractivity contribution in [2.75, 3.05) is 33.5 Å². The van der Waals surface area contributed by atoms with E-state index in [1.807, 2.05) is 13.8 Å². The third-order valence-electron chi connectivity index (χ3n) is 2.53. The van der Waals surface area contributed by atoms with Crippen LogP contribution < -0.4 is 0 Å². The number of imide groups is 1. The average molecular weight is 275 g/mol. The van der Waals surface area contributed by atoms with Crippen LogP contribution in [0.15, 0.2) is 0 Å². The third kappa shape index (κ3) is 4.59. The van der Waals surface area contributed by atoms with E-state index in [1.165, 1.54) is 4.90 Å². The highest BCUT2D eigenvalue weighted by atomic mass is 32.2. The van der Waals surface area contributed by atoms with Gasteiger partial charge in [0.1, 0.15) is 0 Å². The Morgan fingerprint density at radius 2 is 2.06 bits per heavy atom. The SMILES string of the molecule is COCCOCCN1C(=O)CC(SC(C)C)C1=O. The first-order valence-electron chi connectivity index (χ1n) is 6.12. The molecule has 104 valence electrons. The molecule has 1 fully saturated rings. The lowest BCUT2D eigenvalue weighted by atomic mass is 10.4. The molecule has 0 N–H and O–H groups in total. The van der Waals surface area contributed by atoms with Gasteiger partial charge in [0.05, 0.1) is 31.6 Å². The molecule has 0 spiro atoms. The Bertz CT molecular complexity index is 296. The number of ether oxygens (including phenoxy) is 2. The van der Waals surface area contributed by atoms with Crippen molar-refractivity contribution in [1.29, 1.82) is 0 Å². The Morgan fingerprint density at radius 3 is 2.67 bits per heavy atom. The Labute approximate surface area is 112 Å². The lowest BCUT2D eigenvalue weighted by Crippen LogP contribution is -2.34. The predicted octanol–water partition coefficient (Wildman–Crippen LogP) is 0.918. The van der Waals surface area contributed by atoms with E-state index in [4.69, 9.17) is 9.47 Å². The first-order chi connectivity index (χ1) is 8.56. The minimum Gasteiger partial charge on any atom is -0.382 e. The van der Waals surface area contributed by atoms with E-state index in [-0.39, 0.29) is 17.1 Å².